The van der Waals surface area contributed by atoms with Crippen LogP contribution in [0.3, 0.4) is 0 Å². The maximum atomic E-state index is 12.4. The molecule has 122 valence electrons. The van der Waals surface area contributed by atoms with Gasteiger partial charge in [-0.15, -0.1) is 0 Å². The molecule has 1 atom stereocenters. The molecule has 5 nitrogen and oxygen atoms in total. The predicted molar refractivity (Wildman–Crippen MR) is 90.1 cm³/mol. The second-order valence-electron chi connectivity index (χ2n) is 6.48. The highest BCUT2D eigenvalue weighted by atomic mass is 16.5. The Balaban J connectivity index is 1.81. The second-order valence-corrected chi connectivity index (χ2v) is 6.48. The molecule has 0 radical (unpaired) electrons. The molecule has 0 saturated carbocycles. The Hall–Kier alpha value is -1.98. The number of amides is 1. The summed E-state index contributed by atoms with van der Waals surface area (Å²) in [6.07, 6.45) is 1.82. The third-order valence-corrected chi connectivity index (χ3v) is 4.32. The Kier molecular flexibility index (Phi) is 4.33. The van der Waals surface area contributed by atoms with Gasteiger partial charge in [0.05, 0.1) is 12.1 Å². The number of para-hydroxylation sites is 1. The van der Waals surface area contributed by atoms with Crippen molar-refractivity contribution in [2.45, 2.75) is 19.1 Å². The summed E-state index contributed by atoms with van der Waals surface area (Å²) in [5.41, 5.74) is 1.44. The van der Waals surface area contributed by atoms with E-state index in [1.165, 1.54) is 5.56 Å². The number of rotatable bonds is 3. The quantitative estimate of drug-likeness (QED) is 0.868. The summed E-state index contributed by atoms with van der Waals surface area (Å²) in [5, 5.41) is 1.14. The maximum absolute atomic E-state index is 12.4. The van der Waals surface area contributed by atoms with Crippen LogP contribution in [0.5, 0.6) is 0 Å². The van der Waals surface area contributed by atoms with Crippen molar-refractivity contribution in [2.75, 3.05) is 33.8 Å². The number of morpholine rings is 1. The average Bonchev–Trinajstić information content (AvgIpc) is 2.54. The normalized spacial score (nSPS) is 22.2. The SMILES string of the molecule is CN(C)C(=O)[C@@]1(C)CN(Cc2cccc3cccnc23)CCO1. The van der Waals surface area contributed by atoms with Gasteiger partial charge < -0.3 is 9.64 Å². The number of carbonyl (C=O) groups is 1. The summed E-state index contributed by atoms with van der Waals surface area (Å²) in [6, 6.07) is 10.3. The van der Waals surface area contributed by atoms with Gasteiger partial charge in [0, 0.05) is 45.3 Å². The van der Waals surface area contributed by atoms with Crippen LogP contribution in [0.15, 0.2) is 36.5 Å². The number of pyridine rings is 1. The van der Waals surface area contributed by atoms with Gasteiger partial charge in [0.25, 0.3) is 5.91 Å². The zero-order chi connectivity index (χ0) is 16.4. The van der Waals surface area contributed by atoms with Crippen molar-refractivity contribution in [3.05, 3.63) is 42.1 Å². The van der Waals surface area contributed by atoms with E-state index in [0.717, 1.165) is 24.0 Å². The predicted octanol–water partition coefficient (Wildman–Crippen LogP) is 1.91. The molecule has 2 aromatic rings. The van der Waals surface area contributed by atoms with Crippen molar-refractivity contribution in [1.29, 1.82) is 0 Å². The molecule has 1 aliphatic rings. The van der Waals surface area contributed by atoms with E-state index in [2.05, 4.69) is 34.1 Å². The monoisotopic (exact) mass is 313 g/mol. The van der Waals surface area contributed by atoms with Crippen molar-refractivity contribution in [1.82, 2.24) is 14.8 Å². The van der Waals surface area contributed by atoms with Crippen molar-refractivity contribution >= 4 is 16.8 Å². The lowest BCUT2D eigenvalue weighted by Crippen LogP contribution is -2.57. The van der Waals surface area contributed by atoms with Gasteiger partial charge in [0.15, 0.2) is 5.60 Å². The molecule has 1 fully saturated rings. The van der Waals surface area contributed by atoms with Crippen LogP contribution in [-0.2, 0) is 16.1 Å². The number of likely N-dealkylation sites (N-methyl/N-ethyl adjacent to an activating group) is 1. The van der Waals surface area contributed by atoms with Crippen molar-refractivity contribution in [3.63, 3.8) is 0 Å². The highest BCUT2D eigenvalue weighted by molar-refractivity contribution is 5.85. The maximum Gasteiger partial charge on any atom is 0.255 e. The Morgan fingerprint density at radius 2 is 2.13 bits per heavy atom. The fraction of sp³-hybridized carbons (Fsp3) is 0.444. The van der Waals surface area contributed by atoms with E-state index in [9.17, 15) is 4.79 Å². The van der Waals surface area contributed by atoms with Crippen LogP contribution in [0.4, 0.5) is 0 Å². The van der Waals surface area contributed by atoms with Gasteiger partial charge in [0.1, 0.15) is 0 Å². The van der Waals surface area contributed by atoms with Gasteiger partial charge in [0.2, 0.25) is 0 Å². The van der Waals surface area contributed by atoms with E-state index < -0.39 is 5.60 Å². The zero-order valence-corrected chi connectivity index (χ0v) is 14.0. The summed E-state index contributed by atoms with van der Waals surface area (Å²) in [6.45, 7) is 4.62. The largest absolute Gasteiger partial charge is 0.363 e. The van der Waals surface area contributed by atoms with Gasteiger partial charge in [-0.25, -0.2) is 0 Å². The van der Waals surface area contributed by atoms with Crippen molar-refractivity contribution in [2.24, 2.45) is 0 Å². The number of hydrogen-bond acceptors (Lipinski definition) is 4. The van der Waals surface area contributed by atoms with Crippen LogP contribution in [-0.4, -0.2) is 60.1 Å². The standard InChI is InChI=1S/C18H23N3O2/c1-18(17(22)20(2)3)13-21(10-11-23-18)12-15-7-4-6-14-8-5-9-19-16(14)15/h4-9H,10-13H2,1-3H3/t18-/m1/s1. The first-order valence-corrected chi connectivity index (χ1v) is 7.90. The average molecular weight is 313 g/mol. The van der Waals surface area contributed by atoms with Crippen LogP contribution < -0.4 is 0 Å². The fourth-order valence-electron chi connectivity index (χ4n) is 3.22. The molecule has 0 N–H and O–H groups in total. The number of ether oxygens (including phenoxy) is 1. The molecule has 0 spiro atoms. The van der Waals surface area contributed by atoms with Crippen LogP contribution in [0.25, 0.3) is 10.9 Å². The summed E-state index contributed by atoms with van der Waals surface area (Å²) >= 11 is 0. The lowest BCUT2D eigenvalue weighted by atomic mass is 10.0. The molecule has 0 bridgehead atoms. The molecule has 1 saturated heterocycles. The van der Waals surface area contributed by atoms with Gasteiger partial charge in [-0.1, -0.05) is 24.3 Å². The number of hydrogen-bond donors (Lipinski definition) is 0. The van der Waals surface area contributed by atoms with E-state index in [1.807, 2.05) is 19.2 Å². The molecule has 1 amide bonds. The highest BCUT2D eigenvalue weighted by Gasteiger charge is 2.40. The van der Waals surface area contributed by atoms with Crippen LogP contribution >= 0.6 is 0 Å². The summed E-state index contributed by atoms with van der Waals surface area (Å²) in [4.78, 5) is 20.8. The molecule has 0 unspecified atom stereocenters. The third-order valence-electron chi connectivity index (χ3n) is 4.32. The number of nitrogens with zero attached hydrogens (tertiary/aromatic N) is 3. The molecule has 23 heavy (non-hydrogen) atoms. The smallest absolute Gasteiger partial charge is 0.255 e. The minimum atomic E-state index is -0.778. The molecule has 5 heteroatoms. The minimum Gasteiger partial charge on any atom is -0.363 e. The Labute approximate surface area is 136 Å². The molecule has 3 rings (SSSR count). The fourth-order valence-corrected chi connectivity index (χ4v) is 3.22. The summed E-state index contributed by atoms with van der Waals surface area (Å²) < 4.78 is 5.80. The van der Waals surface area contributed by atoms with Gasteiger partial charge >= 0.3 is 0 Å². The van der Waals surface area contributed by atoms with Gasteiger partial charge in [-0.3, -0.25) is 14.7 Å². The number of aromatic nitrogens is 1. The van der Waals surface area contributed by atoms with Crippen LogP contribution in [0.2, 0.25) is 0 Å². The van der Waals surface area contributed by atoms with Crippen molar-refractivity contribution < 1.29 is 9.53 Å². The van der Waals surface area contributed by atoms with E-state index >= 15 is 0 Å². The molecule has 1 aromatic carbocycles. The second kappa shape index (κ2) is 6.26. The molecular formula is C18H23N3O2. The lowest BCUT2D eigenvalue weighted by Gasteiger charge is -2.40. The van der Waals surface area contributed by atoms with Crippen LogP contribution in [0, 0.1) is 0 Å². The van der Waals surface area contributed by atoms with Gasteiger partial charge in [-0.05, 0) is 18.6 Å². The van der Waals surface area contributed by atoms with Gasteiger partial charge in [-0.2, -0.15) is 0 Å². The molecule has 1 aromatic heterocycles. The van der Waals surface area contributed by atoms with E-state index in [0.29, 0.717) is 13.2 Å². The summed E-state index contributed by atoms with van der Waals surface area (Å²) in [5.74, 6) is 0.0123. The first kappa shape index (κ1) is 15.9. The number of fused-ring (bicyclic) bond motifs is 1. The van der Waals surface area contributed by atoms with E-state index in [1.54, 1.807) is 19.0 Å². The number of carbonyl (C=O) groups excluding carboxylic acids is 1. The zero-order valence-electron chi connectivity index (χ0n) is 14.0. The van der Waals surface area contributed by atoms with Crippen LogP contribution in [0.1, 0.15) is 12.5 Å². The van der Waals surface area contributed by atoms with E-state index in [-0.39, 0.29) is 5.91 Å². The molecule has 0 aliphatic carbocycles. The topological polar surface area (TPSA) is 45.7 Å². The lowest BCUT2D eigenvalue weighted by molar-refractivity contribution is -0.165. The Morgan fingerprint density at radius 3 is 2.91 bits per heavy atom. The molecule has 2 heterocycles. The Bertz CT molecular complexity index is 711. The highest BCUT2D eigenvalue weighted by Crippen LogP contribution is 2.23. The molecular weight excluding hydrogens is 290 g/mol. The minimum absolute atomic E-state index is 0.0123. The summed E-state index contributed by atoms with van der Waals surface area (Å²) in [7, 11) is 3.54. The molecule has 1 aliphatic heterocycles. The third kappa shape index (κ3) is 3.21. The first-order valence-electron chi connectivity index (χ1n) is 7.90. The van der Waals surface area contributed by atoms with Crippen molar-refractivity contribution in [3.8, 4) is 0 Å². The number of benzene rings is 1. The Morgan fingerprint density at radius 1 is 1.35 bits per heavy atom. The first-order chi connectivity index (χ1) is 11.0. The van der Waals surface area contributed by atoms with E-state index in [4.69, 9.17) is 4.74 Å².